The van der Waals surface area contributed by atoms with Gasteiger partial charge in [-0.2, -0.15) is 0 Å². The van der Waals surface area contributed by atoms with Crippen LogP contribution in [0, 0.1) is 28.6 Å². The fourth-order valence-corrected chi connectivity index (χ4v) is 8.44. The minimum absolute atomic E-state index is 0.00234. The largest absolute Gasteiger partial charge is 0.458 e. The molecule has 2 aromatic rings. The molecule has 4 aliphatic carbocycles. The molecule has 0 unspecified atom stereocenters. The second kappa shape index (κ2) is 9.45. The number of allylic oxidation sites excluding steroid dienone is 1. The summed E-state index contributed by atoms with van der Waals surface area (Å²) in [5.74, 6) is 1.48. The second-order valence-electron chi connectivity index (χ2n) is 12.3. The highest BCUT2D eigenvalue weighted by Crippen LogP contribution is 2.65. The maximum Gasteiger partial charge on any atom is 0.338 e. The minimum atomic E-state index is -0.209. The summed E-state index contributed by atoms with van der Waals surface area (Å²) in [5, 5.41) is 0. The second-order valence-corrected chi connectivity index (χ2v) is 12.3. The van der Waals surface area contributed by atoms with E-state index in [4.69, 9.17) is 9.47 Å². The van der Waals surface area contributed by atoms with Crippen molar-refractivity contribution in [2.24, 2.45) is 28.6 Å². The predicted molar refractivity (Wildman–Crippen MR) is 143 cm³/mol. The van der Waals surface area contributed by atoms with Gasteiger partial charge in [-0.05, 0) is 92.4 Å². The van der Waals surface area contributed by atoms with Crippen LogP contribution < -0.4 is 0 Å². The average Bonchev–Trinajstić information content (AvgIpc) is 3.25. The Morgan fingerprint density at radius 1 is 0.757 bits per heavy atom. The minimum Gasteiger partial charge on any atom is -0.458 e. The van der Waals surface area contributed by atoms with Crippen LogP contribution >= 0.6 is 0 Å². The first-order chi connectivity index (χ1) is 17.9. The lowest BCUT2D eigenvalue weighted by Crippen LogP contribution is -2.51. The van der Waals surface area contributed by atoms with Gasteiger partial charge in [0.15, 0.2) is 0 Å². The van der Waals surface area contributed by atoms with Crippen LogP contribution in [0.1, 0.15) is 85.9 Å². The van der Waals surface area contributed by atoms with Crippen LogP contribution in [0.3, 0.4) is 0 Å². The number of fused-ring (bicyclic) bond motifs is 5. The van der Waals surface area contributed by atoms with Gasteiger partial charge >= 0.3 is 11.9 Å². The van der Waals surface area contributed by atoms with Gasteiger partial charge in [0, 0.05) is 11.8 Å². The summed E-state index contributed by atoms with van der Waals surface area (Å²) < 4.78 is 12.1. The van der Waals surface area contributed by atoms with Gasteiger partial charge in [-0.3, -0.25) is 0 Å². The van der Waals surface area contributed by atoms with Gasteiger partial charge in [0.1, 0.15) is 12.2 Å². The summed E-state index contributed by atoms with van der Waals surface area (Å²) in [6, 6.07) is 18.7. The molecule has 37 heavy (non-hydrogen) atoms. The van der Waals surface area contributed by atoms with Gasteiger partial charge in [0.2, 0.25) is 0 Å². The number of hydrogen-bond donors (Lipinski definition) is 0. The molecule has 4 heteroatoms. The Morgan fingerprint density at radius 2 is 1.41 bits per heavy atom. The van der Waals surface area contributed by atoms with Gasteiger partial charge in [0.25, 0.3) is 0 Å². The van der Waals surface area contributed by atoms with Crippen molar-refractivity contribution in [2.45, 2.75) is 77.4 Å². The summed E-state index contributed by atoms with van der Waals surface area (Å²) in [6.07, 6.45) is 10.8. The number of rotatable bonds is 4. The van der Waals surface area contributed by atoms with E-state index in [0.29, 0.717) is 28.9 Å². The molecule has 3 fully saturated rings. The molecule has 0 saturated heterocycles. The van der Waals surface area contributed by atoms with Gasteiger partial charge in [0.05, 0.1) is 11.1 Å². The molecule has 0 heterocycles. The van der Waals surface area contributed by atoms with Crippen LogP contribution in [0.4, 0.5) is 0 Å². The number of esters is 2. The van der Waals surface area contributed by atoms with Crippen LogP contribution in [0.5, 0.6) is 0 Å². The van der Waals surface area contributed by atoms with Gasteiger partial charge in [-0.1, -0.05) is 61.9 Å². The molecule has 4 aliphatic rings. The molecule has 0 bridgehead atoms. The van der Waals surface area contributed by atoms with Crippen LogP contribution in [0.25, 0.3) is 0 Å². The molecule has 3 saturated carbocycles. The molecule has 194 valence electrons. The average molecular weight is 499 g/mol. The monoisotopic (exact) mass is 498 g/mol. The summed E-state index contributed by atoms with van der Waals surface area (Å²) in [7, 11) is 0. The predicted octanol–water partition coefficient (Wildman–Crippen LogP) is 7.40. The third kappa shape index (κ3) is 4.23. The van der Waals surface area contributed by atoms with Crippen molar-refractivity contribution in [1.29, 1.82) is 0 Å². The summed E-state index contributed by atoms with van der Waals surface area (Å²) in [6.45, 7) is 4.85. The Hall–Kier alpha value is -2.88. The first-order valence-corrected chi connectivity index (χ1v) is 14.1. The lowest BCUT2D eigenvalue weighted by atomic mass is 9.48. The standard InChI is InChI=1S/C33H38O4/c1-32-19-17-25(36-30(34)22-9-5-3-6-10-22)21-24(32)13-14-26-27-15-16-29(33(27,2)20-18-28(26)32)37-31(35)23-11-7-4-8-12-23/h3-13,25-29H,14-21H2,1-2H3/t25-,26+,27+,28+,29-,32-,33-/m0/s1. The van der Waals surface area contributed by atoms with Crippen LogP contribution in [-0.4, -0.2) is 24.1 Å². The first kappa shape index (κ1) is 24.5. The summed E-state index contributed by atoms with van der Waals surface area (Å²) in [5.41, 5.74) is 3.00. The fourth-order valence-electron chi connectivity index (χ4n) is 8.44. The molecular formula is C33H38O4. The molecule has 6 rings (SSSR count). The Labute approximate surface area is 220 Å². The van der Waals surface area contributed by atoms with Crippen molar-refractivity contribution >= 4 is 11.9 Å². The van der Waals surface area contributed by atoms with Crippen LogP contribution in [0.15, 0.2) is 72.3 Å². The lowest BCUT2D eigenvalue weighted by Gasteiger charge is -2.57. The molecular weight excluding hydrogens is 460 g/mol. The Morgan fingerprint density at radius 3 is 2.08 bits per heavy atom. The molecule has 7 atom stereocenters. The van der Waals surface area contributed by atoms with Crippen LogP contribution in [0.2, 0.25) is 0 Å². The van der Waals surface area contributed by atoms with E-state index in [1.807, 2.05) is 60.7 Å². The number of hydrogen-bond acceptors (Lipinski definition) is 4. The van der Waals surface area contributed by atoms with Crippen molar-refractivity contribution < 1.29 is 19.1 Å². The van der Waals surface area contributed by atoms with E-state index in [1.165, 1.54) is 12.0 Å². The van der Waals surface area contributed by atoms with Gasteiger partial charge in [-0.25, -0.2) is 9.59 Å². The van der Waals surface area contributed by atoms with Gasteiger partial charge < -0.3 is 9.47 Å². The molecule has 4 nitrogen and oxygen atoms in total. The molecule has 0 N–H and O–H groups in total. The molecule has 0 aliphatic heterocycles. The normalized spacial score (nSPS) is 36.4. The highest BCUT2D eigenvalue weighted by molar-refractivity contribution is 5.90. The smallest absolute Gasteiger partial charge is 0.338 e. The maximum absolute atomic E-state index is 12.9. The van der Waals surface area contributed by atoms with Crippen molar-refractivity contribution in [3.05, 3.63) is 83.4 Å². The third-order valence-electron chi connectivity index (χ3n) is 10.5. The number of carbonyl (C=O) groups is 2. The van der Waals surface area contributed by atoms with E-state index >= 15 is 0 Å². The van der Waals surface area contributed by atoms with E-state index in [-0.39, 0.29) is 35.0 Å². The third-order valence-corrected chi connectivity index (χ3v) is 10.5. The Bertz CT molecular complexity index is 1190. The zero-order chi connectivity index (χ0) is 25.6. The number of benzene rings is 2. The lowest BCUT2D eigenvalue weighted by molar-refractivity contribution is -0.0787. The summed E-state index contributed by atoms with van der Waals surface area (Å²) >= 11 is 0. The number of carbonyl (C=O) groups excluding carboxylic acids is 2. The molecule has 2 aromatic carbocycles. The zero-order valence-electron chi connectivity index (χ0n) is 22.0. The maximum atomic E-state index is 12.9. The van der Waals surface area contributed by atoms with E-state index in [9.17, 15) is 9.59 Å². The molecule has 0 radical (unpaired) electrons. The SMILES string of the molecule is C[C@]12CC[C@@H]3[C@H](CC=C4C[C@@H](OC(=O)c5ccccc5)CC[C@@]43C)[C@H]1CC[C@@H]2OC(=O)c1ccccc1. The zero-order valence-corrected chi connectivity index (χ0v) is 22.0. The fraction of sp³-hybridized carbons (Fsp3) is 0.515. The molecule has 0 amide bonds. The van der Waals surface area contributed by atoms with E-state index < -0.39 is 0 Å². The number of ether oxygens (including phenoxy) is 2. The topological polar surface area (TPSA) is 52.6 Å². The first-order valence-electron chi connectivity index (χ1n) is 14.1. The van der Waals surface area contributed by atoms with Crippen molar-refractivity contribution in [1.82, 2.24) is 0 Å². The molecule has 0 spiro atoms. The van der Waals surface area contributed by atoms with E-state index in [1.54, 1.807) is 0 Å². The molecule has 0 aromatic heterocycles. The van der Waals surface area contributed by atoms with Crippen LogP contribution in [-0.2, 0) is 9.47 Å². The van der Waals surface area contributed by atoms with E-state index in [2.05, 4.69) is 19.9 Å². The quantitative estimate of drug-likeness (QED) is 0.325. The Kier molecular flexibility index (Phi) is 6.25. The van der Waals surface area contributed by atoms with Crippen molar-refractivity contribution in [3.8, 4) is 0 Å². The Balaban J connectivity index is 1.15. The van der Waals surface area contributed by atoms with E-state index in [0.717, 1.165) is 44.9 Å². The van der Waals surface area contributed by atoms with Gasteiger partial charge in [-0.15, -0.1) is 0 Å². The van der Waals surface area contributed by atoms with Crippen molar-refractivity contribution in [3.63, 3.8) is 0 Å². The highest BCUT2D eigenvalue weighted by Gasteiger charge is 2.59. The highest BCUT2D eigenvalue weighted by atomic mass is 16.5. The van der Waals surface area contributed by atoms with Crippen molar-refractivity contribution in [2.75, 3.05) is 0 Å². The summed E-state index contributed by atoms with van der Waals surface area (Å²) in [4.78, 5) is 25.5.